The maximum Gasteiger partial charge on any atom is 0.490 e. The largest absolute Gasteiger partial charge is 0.490 e. The molecule has 0 amide bonds. The Morgan fingerprint density at radius 1 is 1.62 bits per heavy atom. The molecular formula is C7H10F3NO2. The third-order valence-electron chi connectivity index (χ3n) is 2.07. The average molecular weight is 197 g/mol. The third kappa shape index (κ3) is 2.58. The van der Waals surface area contributed by atoms with E-state index in [0.29, 0.717) is 6.54 Å². The maximum absolute atomic E-state index is 11.6. The van der Waals surface area contributed by atoms with Crippen molar-refractivity contribution in [2.75, 3.05) is 13.2 Å². The van der Waals surface area contributed by atoms with Gasteiger partial charge in [0.15, 0.2) is 0 Å². The number of ether oxygens (including phenoxy) is 1. The number of alkyl halides is 3. The SMILES string of the molecule is C[C@H]1NC[C@@H]1COC(=O)C(F)(F)F. The highest BCUT2D eigenvalue weighted by atomic mass is 19.4. The van der Waals surface area contributed by atoms with Gasteiger partial charge in [-0.3, -0.25) is 0 Å². The van der Waals surface area contributed by atoms with Crippen molar-refractivity contribution in [1.29, 1.82) is 0 Å². The van der Waals surface area contributed by atoms with Crippen LogP contribution in [0.5, 0.6) is 0 Å². The molecule has 0 unspecified atom stereocenters. The highest BCUT2D eigenvalue weighted by molar-refractivity contribution is 5.75. The van der Waals surface area contributed by atoms with E-state index < -0.39 is 12.1 Å². The van der Waals surface area contributed by atoms with E-state index in [0.717, 1.165) is 0 Å². The fraction of sp³-hybridized carbons (Fsp3) is 0.857. The normalized spacial score (nSPS) is 28.0. The Labute approximate surface area is 73.2 Å². The lowest BCUT2D eigenvalue weighted by Crippen LogP contribution is -2.53. The first-order valence-electron chi connectivity index (χ1n) is 3.88. The van der Waals surface area contributed by atoms with Gasteiger partial charge in [0.05, 0.1) is 6.61 Å². The summed E-state index contributed by atoms with van der Waals surface area (Å²) in [5.74, 6) is -2.10. The Balaban J connectivity index is 2.23. The summed E-state index contributed by atoms with van der Waals surface area (Å²) in [5.41, 5.74) is 0. The molecule has 1 heterocycles. The van der Waals surface area contributed by atoms with E-state index >= 15 is 0 Å². The van der Waals surface area contributed by atoms with Crippen molar-refractivity contribution < 1.29 is 22.7 Å². The Hall–Kier alpha value is -0.780. The predicted molar refractivity (Wildman–Crippen MR) is 38.0 cm³/mol. The molecule has 0 aromatic carbocycles. The van der Waals surface area contributed by atoms with Gasteiger partial charge in [0.1, 0.15) is 0 Å². The van der Waals surface area contributed by atoms with E-state index in [1.807, 2.05) is 6.92 Å². The second-order valence-electron chi connectivity index (χ2n) is 3.05. The van der Waals surface area contributed by atoms with Gasteiger partial charge in [-0.15, -0.1) is 0 Å². The van der Waals surface area contributed by atoms with E-state index in [2.05, 4.69) is 10.1 Å². The van der Waals surface area contributed by atoms with Crippen molar-refractivity contribution in [3.05, 3.63) is 0 Å². The first-order chi connectivity index (χ1) is 5.91. The summed E-state index contributed by atoms with van der Waals surface area (Å²) >= 11 is 0. The van der Waals surface area contributed by atoms with Crippen LogP contribution in [0.4, 0.5) is 13.2 Å². The minimum Gasteiger partial charge on any atom is -0.459 e. The van der Waals surface area contributed by atoms with Crippen LogP contribution >= 0.6 is 0 Å². The average Bonchev–Trinajstić information content (AvgIpc) is 2.00. The topological polar surface area (TPSA) is 38.3 Å². The van der Waals surface area contributed by atoms with Gasteiger partial charge >= 0.3 is 12.1 Å². The molecule has 2 atom stereocenters. The Kier molecular flexibility index (Phi) is 2.80. The van der Waals surface area contributed by atoms with Gasteiger partial charge in [-0.1, -0.05) is 0 Å². The van der Waals surface area contributed by atoms with Crippen molar-refractivity contribution >= 4 is 5.97 Å². The smallest absolute Gasteiger partial charge is 0.459 e. The van der Waals surface area contributed by atoms with Crippen LogP contribution in [-0.4, -0.2) is 31.3 Å². The molecule has 13 heavy (non-hydrogen) atoms. The van der Waals surface area contributed by atoms with E-state index in [9.17, 15) is 18.0 Å². The number of nitrogens with one attached hydrogen (secondary N) is 1. The molecule has 0 spiro atoms. The first-order valence-corrected chi connectivity index (χ1v) is 3.88. The van der Waals surface area contributed by atoms with Crippen LogP contribution < -0.4 is 5.32 Å². The van der Waals surface area contributed by atoms with E-state index in [1.165, 1.54) is 0 Å². The van der Waals surface area contributed by atoms with Crippen LogP contribution in [0, 0.1) is 5.92 Å². The van der Waals surface area contributed by atoms with E-state index in [1.54, 1.807) is 0 Å². The Bertz CT molecular complexity index is 204. The lowest BCUT2D eigenvalue weighted by atomic mass is 9.94. The fourth-order valence-corrected chi connectivity index (χ4v) is 0.988. The molecular weight excluding hydrogens is 187 g/mol. The number of rotatable bonds is 2. The van der Waals surface area contributed by atoms with Crippen LogP contribution in [-0.2, 0) is 9.53 Å². The van der Waals surface area contributed by atoms with Crippen LogP contribution in [0.3, 0.4) is 0 Å². The van der Waals surface area contributed by atoms with Crippen molar-refractivity contribution in [3.8, 4) is 0 Å². The second kappa shape index (κ2) is 3.53. The van der Waals surface area contributed by atoms with Crippen molar-refractivity contribution in [2.45, 2.75) is 19.1 Å². The molecule has 6 heteroatoms. The van der Waals surface area contributed by atoms with Crippen molar-refractivity contribution in [1.82, 2.24) is 5.32 Å². The third-order valence-corrected chi connectivity index (χ3v) is 2.07. The molecule has 1 aliphatic rings. The number of hydrogen-bond donors (Lipinski definition) is 1. The molecule has 0 aromatic rings. The highest BCUT2D eigenvalue weighted by Gasteiger charge is 2.41. The number of esters is 1. The molecule has 0 aliphatic carbocycles. The first kappa shape index (κ1) is 10.3. The molecule has 1 rings (SSSR count). The van der Waals surface area contributed by atoms with Gasteiger partial charge in [-0.2, -0.15) is 13.2 Å². The van der Waals surface area contributed by atoms with Crippen LogP contribution in [0.25, 0.3) is 0 Å². The Morgan fingerprint density at radius 3 is 2.54 bits per heavy atom. The van der Waals surface area contributed by atoms with Crippen LogP contribution in [0.1, 0.15) is 6.92 Å². The van der Waals surface area contributed by atoms with E-state index in [-0.39, 0.29) is 18.6 Å². The van der Waals surface area contributed by atoms with Gasteiger partial charge in [-0.25, -0.2) is 4.79 Å². The lowest BCUT2D eigenvalue weighted by molar-refractivity contribution is -0.201. The molecule has 0 saturated carbocycles. The number of carbonyl (C=O) groups is 1. The number of carbonyl (C=O) groups excluding carboxylic acids is 1. The van der Waals surface area contributed by atoms with Crippen molar-refractivity contribution in [2.24, 2.45) is 5.92 Å². The predicted octanol–water partition coefficient (Wildman–Crippen LogP) is 0.700. The van der Waals surface area contributed by atoms with Gasteiger partial charge in [-0.05, 0) is 6.92 Å². The fourth-order valence-electron chi connectivity index (χ4n) is 0.988. The summed E-state index contributed by atoms with van der Waals surface area (Å²) in [5, 5.41) is 2.95. The van der Waals surface area contributed by atoms with Crippen LogP contribution in [0.15, 0.2) is 0 Å². The molecule has 1 N–H and O–H groups in total. The minimum atomic E-state index is -4.87. The van der Waals surface area contributed by atoms with Gasteiger partial charge < -0.3 is 10.1 Å². The molecule has 0 radical (unpaired) electrons. The Morgan fingerprint density at radius 2 is 2.23 bits per heavy atom. The van der Waals surface area contributed by atoms with Crippen LogP contribution in [0.2, 0.25) is 0 Å². The zero-order valence-corrected chi connectivity index (χ0v) is 7.02. The molecule has 0 bridgehead atoms. The second-order valence-corrected chi connectivity index (χ2v) is 3.05. The quantitative estimate of drug-likeness (QED) is 0.662. The van der Waals surface area contributed by atoms with Crippen molar-refractivity contribution in [3.63, 3.8) is 0 Å². The van der Waals surface area contributed by atoms with Gasteiger partial charge in [0, 0.05) is 18.5 Å². The van der Waals surface area contributed by atoms with Gasteiger partial charge in [0.25, 0.3) is 0 Å². The highest BCUT2D eigenvalue weighted by Crippen LogP contribution is 2.19. The maximum atomic E-state index is 11.6. The lowest BCUT2D eigenvalue weighted by Gasteiger charge is -2.34. The monoisotopic (exact) mass is 197 g/mol. The molecule has 1 fully saturated rings. The molecule has 76 valence electrons. The summed E-state index contributed by atoms with van der Waals surface area (Å²) in [7, 11) is 0. The van der Waals surface area contributed by atoms with E-state index in [4.69, 9.17) is 0 Å². The molecule has 1 saturated heterocycles. The zero-order valence-electron chi connectivity index (χ0n) is 7.02. The standard InChI is InChI=1S/C7H10F3NO2/c1-4-5(2-11-4)3-13-6(12)7(8,9)10/h4-5,11H,2-3H2,1H3/t4-,5-/m1/s1. The summed E-state index contributed by atoms with van der Waals surface area (Å²) in [6, 6.07) is 0.126. The summed E-state index contributed by atoms with van der Waals surface area (Å²) < 4.78 is 39.0. The molecule has 1 aliphatic heterocycles. The molecule has 0 aromatic heterocycles. The minimum absolute atomic E-state index is 0.00583. The molecule has 3 nitrogen and oxygen atoms in total. The zero-order chi connectivity index (χ0) is 10.1. The summed E-state index contributed by atoms with van der Waals surface area (Å²) in [4.78, 5) is 10.2. The number of hydrogen-bond acceptors (Lipinski definition) is 3. The summed E-state index contributed by atoms with van der Waals surface area (Å²) in [6.07, 6.45) is -4.87. The number of halogens is 3. The van der Waals surface area contributed by atoms with Gasteiger partial charge in [0.2, 0.25) is 0 Å². The summed E-state index contributed by atoms with van der Waals surface area (Å²) in [6.45, 7) is 2.27.